The van der Waals surface area contributed by atoms with Gasteiger partial charge in [-0.15, -0.1) is 5.10 Å². The van der Waals surface area contributed by atoms with Crippen molar-refractivity contribution in [2.45, 2.75) is 13.1 Å². The van der Waals surface area contributed by atoms with Gasteiger partial charge >= 0.3 is 0 Å². The minimum Gasteiger partial charge on any atom is -0.497 e. The van der Waals surface area contributed by atoms with Crippen molar-refractivity contribution in [3.63, 3.8) is 0 Å². The summed E-state index contributed by atoms with van der Waals surface area (Å²) in [5, 5.41) is 10.8. The smallest absolute Gasteiger partial charge is 0.283 e. The maximum atomic E-state index is 12.8. The number of carbonyl (C=O) groups excluding carboxylic acids is 1. The standard InChI is InChI=1S/C22H20N6O5/c1-31-16-4-2-3-14(9-16)11-28-21-20(25-26-28)22(30)27(13-23-21)12-19(29)24-15-5-6-17-18(10-15)33-8-7-32-17/h2-6,9-10,13H,7-8,11-12H2,1H3,(H,24,29). The van der Waals surface area contributed by atoms with Gasteiger partial charge in [0.25, 0.3) is 5.56 Å². The normalized spacial score (nSPS) is 12.5. The van der Waals surface area contributed by atoms with E-state index in [0.29, 0.717) is 42.6 Å². The zero-order chi connectivity index (χ0) is 22.8. The predicted molar refractivity (Wildman–Crippen MR) is 118 cm³/mol. The van der Waals surface area contributed by atoms with Gasteiger partial charge in [0.2, 0.25) is 5.91 Å². The summed E-state index contributed by atoms with van der Waals surface area (Å²) in [4.78, 5) is 29.7. The zero-order valence-corrected chi connectivity index (χ0v) is 17.7. The van der Waals surface area contributed by atoms with Crippen molar-refractivity contribution in [2.75, 3.05) is 25.6 Å². The largest absolute Gasteiger partial charge is 0.497 e. The van der Waals surface area contributed by atoms with Crippen LogP contribution < -0.4 is 25.1 Å². The van der Waals surface area contributed by atoms with E-state index in [2.05, 4.69) is 20.6 Å². The number of hydrogen-bond donors (Lipinski definition) is 1. The van der Waals surface area contributed by atoms with E-state index in [9.17, 15) is 9.59 Å². The minimum atomic E-state index is -0.450. The molecule has 0 saturated heterocycles. The molecule has 4 aromatic rings. The molecule has 1 amide bonds. The predicted octanol–water partition coefficient (Wildman–Crippen LogP) is 1.45. The van der Waals surface area contributed by atoms with Gasteiger partial charge in [-0.25, -0.2) is 9.67 Å². The monoisotopic (exact) mass is 448 g/mol. The van der Waals surface area contributed by atoms with E-state index in [1.54, 1.807) is 25.3 Å². The molecule has 1 N–H and O–H groups in total. The Hall–Kier alpha value is -4.41. The highest BCUT2D eigenvalue weighted by atomic mass is 16.6. The number of aromatic nitrogens is 5. The third kappa shape index (κ3) is 4.20. The Morgan fingerprint density at radius 3 is 2.85 bits per heavy atom. The topological polar surface area (TPSA) is 122 Å². The molecule has 11 nitrogen and oxygen atoms in total. The van der Waals surface area contributed by atoms with Crippen LogP contribution in [-0.2, 0) is 17.9 Å². The molecular weight excluding hydrogens is 428 g/mol. The van der Waals surface area contributed by atoms with Gasteiger partial charge < -0.3 is 19.5 Å². The summed E-state index contributed by atoms with van der Waals surface area (Å²) in [6.07, 6.45) is 1.32. The number of nitrogens with one attached hydrogen (secondary N) is 1. The summed E-state index contributed by atoms with van der Waals surface area (Å²) in [5.74, 6) is 1.52. The summed E-state index contributed by atoms with van der Waals surface area (Å²) in [5.41, 5.74) is 1.44. The summed E-state index contributed by atoms with van der Waals surface area (Å²) >= 11 is 0. The zero-order valence-electron chi connectivity index (χ0n) is 17.7. The number of hydrogen-bond acceptors (Lipinski definition) is 8. The second-order valence-corrected chi connectivity index (χ2v) is 7.36. The first kappa shape index (κ1) is 20.5. The first-order chi connectivity index (χ1) is 16.1. The maximum absolute atomic E-state index is 12.8. The Morgan fingerprint density at radius 2 is 2.00 bits per heavy atom. The molecule has 5 rings (SSSR count). The minimum absolute atomic E-state index is 0.0903. The van der Waals surface area contributed by atoms with Gasteiger partial charge in [0.1, 0.15) is 31.8 Å². The number of rotatable bonds is 6. The number of ether oxygens (including phenoxy) is 3. The summed E-state index contributed by atoms with van der Waals surface area (Å²) in [6, 6.07) is 12.6. The molecule has 3 heterocycles. The molecule has 11 heteroatoms. The van der Waals surface area contributed by atoms with Crippen LogP contribution in [-0.4, -0.2) is 50.8 Å². The molecule has 2 aromatic heterocycles. The second kappa shape index (κ2) is 8.61. The van der Waals surface area contributed by atoms with Crippen molar-refractivity contribution >= 4 is 22.8 Å². The van der Waals surface area contributed by atoms with Gasteiger partial charge in [0.15, 0.2) is 22.7 Å². The lowest BCUT2D eigenvalue weighted by atomic mass is 10.2. The van der Waals surface area contributed by atoms with Crippen molar-refractivity contribution < 1.29 is 19.0 Å². The molecule has 1 aliphatic heterocycles. The number of amides is 1. The van der Waals surface area contributed by atoms with Crippen molar-refractivity contribution in [3.05, 3.63) is 64.7 Å². The summed E-state index contributed by atoms with van der Waals surface area (Å²) in [7, 11) is 1.60. The van der Waals surface area contributed by atoms with Crippen molar-refractivity contribution in [2.24, 2.45) is 0 Å². The number of benzene rings is 2. The Kier molecular flexibility index (Phi) is 5.35. The molecule has 0 fully saturated rings. The van der Waals surface area contributed by atoms with Gasteiger partial charge in [0.05, 0.1) is 13.7 Å². The highest BCUT2D eigenvalue weighted by Crippen LogP contribution is 2.32. The van der Waals surface area contributed by atoms with Crippen LogP contribution in [0, 0.1) is 0 Å². The van der Waals surface area contributed by atoms with Crippen LogP contribution >= 0.6 is 0 Å². The van der Waals surface area contributed by atoms with E-state index in [1.807, 2.05) is 24.3 Å². The van der Waals surface area contributed by atoms with E-state index < -0.39 is 11.5 Å². The van der Waals surface area contributed by atoms with Crippen LogP contribution in [0.1, 0.15) is 5.56 Å². The Bertz CT molecular complexity index is 1400. The number of methoxy groups -OCH3 is 1. The molecule has 2 aromatic carbocycles. The average Bonchev–Trinajstić information content (AvgIpc) is 3.24. The number of fused-ring (bicyclic) bond motifs is 2. The van der Waals surface area contributed by atoms with E-state index in [1.165, 1.54) is 15.6 Å². The van der Waals surface area contributed by atoms with Crippen molar-refractivity contribution in [3.8, 4) is 17.2 Å². The third-order valence-electron chi connectivity index (χ3n) is 5.10. The van der Waals surface area contributed by atoms with Gasteiger partial charge in [0, 0.05) is 11.8 Å². The van der Waals surface area contributed by atoms with Gasteiger partial charge in [-0.3, -0.25) is 14.2 Å². The second-order valence-electron chi connectivity index (χ2n) is 7.36. The Labute approximate surface area is 187 Å². The molecule has 168 valence electrons. The average molecular weight is 448 g/mol. The molecule has 0 bridgehead atoms. The highest BCUT2D eigenvalue weighted by Gasteiger charge is 2.16. The summed E-state index contributed by atoms with van der Waals surface area (Å²) < 4.78 is 19.0. The molecular formula is C22H20N6O5. The van der Waals surface area contributed by atoms with Crippen LogP contribution in [0.5, 0.6) is 17.2 Å². The molecule has 0 saturated carbocycles. The molecule has 1 aliphatic rings. The molecule has 0 spiro atoms. The van der Waals surface area contributed by atoms with E-state index in [4.69, 9.17) is 14.2 Å². The van der Waals surface area contributed by atoms with Crippen molar-refractivity contribution in [1.29, 1.82) is 0 Å². The molecule has 0 radical (unpaired) electrons. The van der Waals surface area contributed by atoms with E-state index in [-0.39, 0.29) is 12.1 Å². The van der Waals surface area contributed by atoms with Crippen LogP contribution in [0.25, 0.3) is 11.2 Å². The van der Waals surface area contributed by atoms with Crippen LogP contribution in [0.4, 0.5) is 5.69 Å². The molecule has 33 heavy (non-hydrogen) atoms. The lowest BCUT2D eigenvalue weighted by Crippen LogP contribution is -2.28. The van der Waals surface area contributed by atoms with E-state index in [0.717, 1.165) is 11.3 Å². The highest BCUT2D eigenvalue weighted by molar-refractivity contribution is 5.91. The van der Waals surface area contributed by atoms with Gasteiger partial charge in [-0.2, -0.15) is 0 Å². The fraction of sp³-hybridized carbons (Fsp3) is 0.227. The lowest BCUT2D eigenvalue weighted by molar-refractivity contribution is -0.116. The van der Waals surface area contributed by atoms with Gasteiger partial charge in [-0.05, 0) is 29.8 Å². The van der Waals surface area contributed by atoms with Crippen molar-refractivity contribution in [1.82, 2.24) is 24.5 Å². The fourth-order valence-corrected chi connectivity index (χ4v) is 3.53. The Balaban J connectivity index is 1.32. The third-order valence-corrected chi connectivity index (χ3v) is 5.10. The SMILES string of the molecule is COc1cccc(Cn2nnc3c(=O)n(CC(=O)Nc4ccc5c(c4)OCCO5)cnc32)c1. The molecule has 0 aliphatic carbocycles. The van der Waals surface area contributed by atoms with Crippen LogP contribution in [0.3, 0.4) is 0 Å². The number of anilines is 1. The first-order valence-corrected chi connectivity index (χ1v) is 10.2. The molecule has 0 atom stereocenters. The maximum Gasteiger partial charge on any atom is 0.283 e. The quantitative estimate of drug-likeness (QED) is 0.470. The number of nitrogens with zero attached hydrogens (tertiary/aromatic N) is 5. The fourth-order valence-electron chi connectivity index (χ4n) is 3.53. The lowest BCUT2D eigenvalue weighted by Gasteiger charge is -2.19. The first-order valence-electron chi connectivity index (χ1n) is 10.2. The summed E-state index contributed by atoms with van der Waals surface area (Å²) in [6.45, 7) is 1.08. The van der Waals surface area contributed by atoms with E-state index >= 15 is 0 Å². The van der Waals surface area contributed by atoms with Crippen LogP contribution in [0.15, 0.2) is 53.6 Å². The number of carbonyl (C=O) groups is 1. The Morgan fingerprint density at radius 1 is 1.15 bits per heavy atom. The van der Waals surface area contributed by atoms with Gasteiger partial charge in [-0.1, -0.05) is 17.3 Å². The molecule has 0 unspecified atom stereocenters. The van der Waals surface area contributed by atoms with Crippen LogP contribution in [0.2, 0.25) is 0 Å².